The number of nitrogen functional groups attached to an aromatic ring is 2. The van der Waals surface area contributed by atoms with Gasteiger partial charge in [0.25, 0.3) is 0 Å². The second-order valence-corrected chi connectivity index (χ2v) is 18.2. The summed E-state index contributed by atoms with van der Waals surface area (Å²) in [6, 6.07) is 6.40. The van der Waals surface area contributed by atoms with Crippen LogP contribution in [0.25, 0.3) is 11.2 Å². The lowest BCUT2D eigenvalue weighted by Gasteiger charge is -2.29. The number of nitrogens with zero attached hydrogens (tertiary/aromatic N) is 6. The summed E-state index contributed by atoms with van der Waals surface area (Å²) in [5.41, 5.74) is 11.5. The van der Waals surface area contributed by atoms with Crippen molar-refractivity contribution in [1.82, 2.24) is 34.4 Å². The first-order chi connectivity index (χ1) is 31.4. The quantitative estimate of drug-likeness (QED) is 0.0366. The van der Waals surface area contributed by atoms with Crippen LogP contribution in [0.5, 0.6) is 0 Å². The Morgan fingerprint density at radius 1 is 1.03 bits per heavy atom. The number of aromatic nitrogens is 6. The third-order valence-electron chi connectivity index (χ3n) is 10.4. The first-order valence-corrected chi connectivity index (χ1v) is 23.5. The molecular formula is C37H46ClN9O17P2. The molecule has 0 bridgehead atoms. The Kier molecular flexibility index (Phi) is 15.7. The van der Waals surface area contributed by atoms with E-state index in [-0.39, 0.29) is 42.2 Å². The van der Waals surface area contributed by atoms with Crippen molar-refractivity contribution < 1.29 is 75.8 Å². The summed E-state index contributed by atoms with van der Waals surface area (Å²) in [6.45, 7) is 1.98. The number of anilines is 2. The number of hydrogen-bond donors (Lipinski definition) is 7. The molecule has 3 aliphatic rings. The zero-order valence-corrected chi connectivity index (χ0v) is 37.1. The number of ether oxygens (including phenoxy) is 5. The summed E-state index contributed by atoms with van der Waals surface area (Å²) in [5, 5.41) is 14.8. The number of carbonyl (C=O) groups is 2. The van der Waals surface area contributed by atoms with E-state index in [0.29, 0.717) is 29.8 Å². The molecule has 0 aliphatic carbocycles. The topological polar surface area (TPSA) is 366 Å². The largest absolute Gasteiger partial charge is 0.472 e. The van der Waals surface area contributed by atoms with E-state index in [1.54, 1.807) is 24.3 Å². The van der Waals surface area contributed by atoms with Crippen molar-refractivity contribution in [2.24, 2.45) is 0 Å². The Morgan fingerprint density at radius 2 is 1.79 bits per heavy atom. The Labute approximate surface area is 378 Å². The van der Waals surface area contributed by atoms with Crippen LogP contribution in [0.3, 0.4) is 0 Å². The van der Waals surface area contributed by atoms with Gasteiger partial charge in [-0.25, -0.2) is 33.7 Å². The Bertz CT molecular complexity index is 2540. The summed E-state index contributed by atoms with van der Waals surface area (Å²) < 4.78 is 73.4. The fraction of sp³-hybridized carbons (Fsp3) is 0.486. The molecule has 3 aromatic heterocycles. The van der Waals surface area contributed by atoms with E-state index in [2.05, 4.69) is 36.4 Å². The molecule has 11 atom stereocenters. The number of nitrogens with one attached hydrogen (secondary N) is 1. The highest BCUT2D eigenvalue weighted by molar-refractivity contribution is 7.47. The van der Waals surface area contributed by atoms with E-state index in [9.17, 15) is 43.3 Å². The number of allylic oxidation sites excluding steroid dienone is 1. The number of nitrogens with two attached hydrogens (primary N) is 2. The number of fused-ring (bicyclic) bond motifs is 1. The van der Waals surface area contributed by atoms with Crippen molar-refractivity contribution in [1.29, 1.82) is 0 Å². The van der Waals surface area contributed by atoms with Gasteiger partial charge in [0.05, 0.1) is 19.5 Å². The van der Waals surface area contributed by atoms with E-state index >= 15 is 0 Å². The zero-order chi connectivity index (χ0) is 47.3. The van der Waals surface area contributed by atoms with E-state index in [1.165, 1.54) is 29.2 Å². The molecule has 9 N–H and O–H groups in total. The van der Waals surface area contributed by atoms with Gasteiger partial charge < -0.3 is 60.3 Å². The first kappa shape index (κ1) is 49.2. The zero-order valence-electron chi connectivity index (χ0n) is 34.5. The van der Waals surface area contributed by atoms with Gasteiger partial charge in [0.2, 0.25) is 5.91 Å². The smallest absolute Gasteiger partial charge is 0.455 e. The van der Waals surface area contributed by atoms with Crippen molar-refractivity contribution in [3.63, 3.8) is 0 Å². The number of aliphatic hydroxyl groups excluding tert-OH is 1. The summed E-state index contributed by atoms with van der Waals surface area (Å²) >= 11 is 6.20. The molecule has 6 heterocycles. The fourth-order valence-corrected chi connectivity index (χ4v) is 8.92. The molecule has 1 amide bonds. The van der Waals surface area contributed by atoms with E-state index < -0.39 is 108 Å². The predicted molar refractivity (Wildman–Crippen MR) is 225 cm³/mol. The molecular weight excluding hydrogens is 940 g/mol. The van der Waals surface area contributed by atoms with Crippen LogP contribution in [0.1, 0.15) is 43.7 Å². The van der Waals surface area contributed by atoms with Crippen LogP contribution < -0.4 is 22.5 Å². The number of imidazole rings is 1. The average molecular weight is 986 g/mol. The van der Waals surface area contributed by atoms with Crippen molar-refractivity contribution in [2.45, 2.75) is 93.5 Å². The molecule has 0 saturated carbocycles. The monoisotopic (exact) mass is 985 g/mol. The molecule has 26 nitrogen and oxygen atoms in total. The summed E-state index contributed by atoms with van der Waals surface area (Å²) in [7, 11) is -10.6. The summed E-state index contributed by atoms with van der Waals surface area (Å²) in [6.07, 6.45) is -7.81. The number of carbonyl (C=O) groups excluding carboxylic acids is 2. The lowest BCUT2D eigenvalue weighted by molar-refractivity contribution is -0.181. The van der Waals surface area contributed by atoms with Crippen LogP contribution in [0.4, 0.5) is 11.6 Å². The number of phosphoric ester groups is 2. The Morgan fingerprint density at radius 3 is 2.50 bits per heavy atom. The minimum Gasteiger partial charge on any atom is -0.455 e. The maximum atomic E-state index is 14.1. The van der Waals surface area contributed by atoms with Gasteiger partial charge in [-0.3, -0.25) is 27.5 Å². The van der Waals surface area contributed by atoms with E-state index in [1.807, 2.05) is 0 Å². The highest BCUT2D eigenvalue weighted by Gasteiger charge is 2.54. The van der Waals surface area contributed by atoms with Crippen molar-refractivity contribution in [3.05, 3.63) is 82.9 Å². The molecule has 3 fully saturated rings. The second kappa shape index (κ2) is 21.0. The second-order valence-electron chi connectivity index (χ2n) is 15.1. The van der Waals surface area contributed by atoms with E-state index in [0.717, 1.165) is 10.9 Å². The molecule has 0 spiro atoms. The number of esters is 1. The number of phosphoric acid groups is 2. The molecule has 29 heteroatoms. The van der Waals surface area contributed by atoms with Gasteiger partial charge in [0.1, 0.15) is 54.2 Å². The molecule has 3 saturated heterocycles. The lowest BCUT2D eigenvalue weighted by atomic mass is 10.0. The summed E-state index contributed by atoms with van der Waals surface area (Å²) in [5.74, 6) is -1.73. The van der Waals surface area contributed by atoms with Gasteiger partial charge in [0, 0.05) is 37.1 Å². The number of benzene rings is 1. The molecule has 3 aliphatic heterocycles. The summed E-state index contributed by atoms with van der Waals surface area (Å²) in [4.78, 5) is 86.4. The normalized spacial score (nSPS) is 26.8. The van der Waals surface area contributed by atoms with Gasteiger partial charge in [0.15, 0.2) is 36.3 Å². The van der Waals surface area contributed by atoms with Crippen LogP contribution in [-0.2, 0) is 62.4 Å². The number of halogens is 1. The maximum absolute atomic E-state index is 14.1. The molecule has 7 rings (SSSR count). The van der Waals surface area contributed by atoms with E-state index in [4.69, 9.17) is 55.8 Å². The van der Waals surface area contributed by atoms with Crippen molar-refractivity contribution in [2.75, 3.05) is 31.3 Å². The molecule has 6 unspecified atom stereocenters. The van der Waals surface area contributed by atoms with Crippen LogP contribution in [0.2, 0.25) is 5.02 Å². The predicted octanol–water partition coefficient (Wildman–Crippen LogP) is 0.795. The van der Waals surface area contributed by atoms with Crippen LogP contribution in [-0.4, -0.2) is 130 Å². The van der Waals surface area contributed by atoms with Crippen molar-refractivity contribution in [3.8, 4) is 0 Å². The van der Waals surface area contributed by atoms with Crippen LogP contribution in [0, 0.1) is 0 Å². The molecule has 358 valence electrons. The molecule has 4 aromatic rings. The first-order valence-electron chi connectivity index (χ1n) is 20.1. The van der Waals surface area contributed by atoms with Gasteiger partial charge in [-0.15, -0.1) is 6.58 Å². The number of rotatable bonds is 20. The van der Waals surface area contributed by atoms with Gasteiger partial charge in [-0.2, -0.15) is 4.98 Å². The minimum atomic E-state index is -5.43. The Balaban J connectivity index is 1.17. The number of aliphatic hydroxyl groups is 1. The van der Waals surface area contributed by atoms with Crippen LogP contribution >= 0.6 is 27.2 Å². The van der Waals surface area contributed by atoms with Crippen molar-refractivity contribution >= 4 is 61.9 Å². The number of hydrogen-bond acceptors (Lipinski definition) is 20. The lowest BCUT2D eigenvalue weighted by Crippen LogP contribution is -2.47. The fourth-order valence-electron chi connectivity index (χ4n) is 7.41. The van der Waals surface area contributed by atoms with Gasteiger partial charge in [-0.05, 0) is 36.6 Å². The third-order valence-corrected chi connectivity index (χ3v) is 12.1. The molecule has 0 radical (unpaired) electrons. The average Bonchev–Trinajstić information content (AvgIpc) is 4.06. The highest BCUT2D eigenvalue weighted by atomic mass is 35.5. The SMILES string of the molecule is C=CCCC(=O)N[C@H](Cc1cccc(Cl)c1)C(=O)OC1C(COP(=O)(O)O[C@H]2[C@@H](OC3CCCO3)[C@H](n3ccc(N)nc3=O)O[C@@H]2COP(=O)(O)O)OC(n2cnc3c(N)ncnc32)C1O. The maximum Gasteiger partial charge on any atom is 0.472 e. The Hall–Kier alpha value is -4.76. The molecule has 66 heavy (non-hydrogen) atoms. The van der Waals surface area contributed by atoms with Gasteiger partial charge >= 0.3 is 27.3 Å². The van der Waals surface area contributed by atoms with Gasteiger partial charge in [-0.1, -0.05) is 29.8 Å². The minimum absolute atomic E-state index is 0.00883. The number of amides is 1. The highest BCUT2D eigenvalue weighted by Crippen LogP contribution is 2.51. The third kappa shape index (κ3) is 12.0. The molecule has 1 aromatic carbocycles. The standard InChI is InChI=1S/C37H46ClN9O17P2/c1-2-3-8-25(48)44-21(14-19-6-4-7-20(38)13-19)36(50)63-29-22(60-34(28(29)49)47-18-43-27-32(40)41-17-42-33(27)47)16-59-66(55,56)64-30-23(15-58-65(52,53)54)61-35(31(30)62-26-9-5-12-57-26)46-11-10-24(39)45-37(46)51/h2,4,6-7,10-11,13,17-18,21-23,26,28-31,34-35,49H,1,3,5,8-9,12,14-16H2,(H,44,48)(H,55,56)(H2,39,45,51)(H2,40,41,42)(H2,52,53,54)/t21-,22?,23-,26?,28?,29?,30-,31-,34?,35-/m1/s1. The van der Waals surface area contributed by atoms with Crippen LogP contribution in [0.15, 0.2) is 66.6 Å².